The van der Waals surface area contributed by atoms with E-state index in [0.29, 0.717) is 38.2 Å². The number of carbonyl (C=O) groups is 2. The number of aliphatic carboxylic acids is 1. The van der Waals surface area contributed by atoms with Crippen molar-refractivity contribution in [2.24, 2.45) is 5.92 Å². The van der Waals surface area contributed by atoms with Gasteiger partial charge >= 0.3 is 5.97 Å². The molecule has 0 saturated carbocycles. The summed E-state index contributed by atoms with van der Waals surface area (Å²) in [6.07, 6.45) is 3.33. The smallest absolute Gasteiger partial charge is 0.306 e. The molecular formula is C20H23N3O3. The van der Waals surface area contributed by atoms with Crippen molar-refractivity contribution in [1.82, 2.24) is 4.98 Å². The zero-order chi connectivity index (χ0) is 18.5. The summed E-state index contributed by atoms with van der Waals surface area (Å²) in [6.45, 7) is 3.41. The van der Waals surface area contributed by atoms with E-state index >= 15 is 0 Å². The molecule has 136 valence electrons. The first kappa shape index (κ1) is 17.9. The van der Waals surface area contributed by atoms with Gasteiger partial charge in [0.2, 0.25) is 5.91 Å². The van der Waals surface area contributed by atoms with Crippen LogP contribution in [0.2, 0.25) is 0 Å². The second-order valence-electron chi connectivity index (χ2n) is 6.72. The molecule has 2 heterocycles. The number of hydrogen-bond donors (Lipinski definition) is 2. The molecule has 26 heavy (non-hydrogen) atoms. The number of aromatic nitrogens is 1. The first-order valence-electron chi connectivity index (χ1n) is 8.80. The first-order chi connectivity index (χ1) is 12.5. The topological polar surface area (TPSA) is 82.5 Å². The van der Waals surface area contributed by atoms with Crippen LogP contribution >= 0.6 is 0 Å². The predicted octanol–water partition coefficient (Wildman–Crippen LogP) is 2.87. The van der Waals surface area contributed by atoms with E-state index in [2.05, 4.69) is 15.2 Å². The third-order valence-corrected chi connectivity index (χ3v) is 4.67. The van der Waals surface area contributed by atoms with Crippen LogP contribution in [0.3, 0.4) is 0 Å². The van der Waals surface area contributed by atoms with Crippen LogP contribution in [0, 0.1) is 12.8 Å². The van der Waals surface area contributed by atoms with Gasteiger partial charge in [-0.3, -0.25) is 9.59 Å². The number of nitrogens with one attached hydrogen (secondary N) is 1. The largest absolute Gasteiger partial charge is 0.481 e. The lowest BCUT2D eigenvalue weighted by molar-refractivity contribution is -0.142. The maximum Gasteiger partial charge on any atom is 0.306 e. The van der Waals surface area contributed by atoms with Crippen LogP contribution in [0.5, 0.6) is 0 Å². The van der Waals surface area contributed by atoms with E-state index in [1.165, 1.54) is 0 Å². The minimum Gasteiger partial charge on any atom is -0.481 e. The van der Waals surface area contributed by atoms with Crippen LogP contribution in [0.1, 0.15) is 24.0 Å². The van der Waals surface area contributed by atoms with Crippen LogP contribution in [-0.4, -0.2) is 35.1 Å². The number of amides is 1. The lowest BCUT2D eigenvalue weighted by Crippen LogP contribution is -2.36. The molecule has 1 saturated heterocycles. The Kier molecular flexibility index (Phi) is 5.51. The minimum atomic E-state index is -0.713. The van der Waals surface area contributed by atoms with Crippen molar-refractivity contribution in [1.29, 1.82) is 0 Å². The molecule has 0 atom stereocenters. The molecule has 6 heteroatoms. The Bertz CT molecular complexity index is 781. The van der Waals surface area contributed by atoms with Gasteiger partial charge in [-0.1, -0.05) is 29.8 Å². The molecule has 2 N–H and O–H groups in total. The number of benzene rings is 1. The Morgan fingerprint density at radius 1 is 1.23 bits per heavy atom. The van der Waals surface area contributed by atoms with Gasteiger partial charge in [-0.15, -0.1) is 0 Å². The highest BCUT2D eigenvalue weighted by Gasteiger charge is 2.24. The van der Waals surface area contributed by atoms with Crippen molar-refractivity contribution >= 4 is 23.4 Å². The predicted molar refractivity (Wildman–Crippen MR) is 100 cm³/mol. The van der Waals surface area contributed by atoms with Crippen molar-refractivity contribution in [2.75, 3.05) is 23.3 Å². The molecule has 2 aromatic rings. The lowest BCUT2D eigenvalue weighted by Gasteiger charge is -2.31. The number of piperidine rings is 1. The molecule has 1 fully saturated rings. The maximum atomic E-state index is 12.2. The number of rotatable bonds is 5. The summed E-state index contributed by atoms with van der Waals surface area (Å²) in [4.78, 5) is 29.6. The Hall–Kier alpha value is -2.89. The maximum absolute atomic E-state index is 12.2. The molecule has 1 aliphatic rings. The highest BCUT2D eigenvalue weighted by Crippen LogP contribution is 2.23. The molecule has 0 aliphatic carbocycles. The molecule has 1 aromatic heterocycles. The van der Waals surface area contributed by atoms with E-state index in [4.69, 9.17) is 5.11 Å². The number of pyridine rings is 1. The van der Waals surface area contributed by atoms with Crippen molar-refractivity contribution in [3.05, 3.63) is 53.7 Å². The zero-order valence-electron chi connectivity index (χ0n) is 14.8. The van der Waals surface area contributed by atoms with Gasteiger partial charge < -0.3 is 15.3 Å². The third kappa shape index (κ3) is 4.59. The number of carboxylic acid groups (broad SMARTS) is 1. The van der Waals surface area contributed by atoms with Crippen molar-refractivity contribution in [3.63, 3.8) is 0 Å². The van der Waals surface area contributed by atoms with Gasteiger partial charge in [0.25, 0.3) is 0 Å². The average molecular weight is 353 g/mol. The van der Waals surface area contributed by atoms with Crippen LogP contribution in [0.15, 0.2) is 42.6 Å². The number of anilines is 2. The Balaban J connectivity index is 1.54. The second kappa shape index (κ2) is 7.99. The van der Waals surface area contributed by atoms with E-state index in [1.807, 2.05) is 37.3 Å². The van der Waals surface area contributed by atoms with E-state index < -0.39 is 5.97 Å². The van der Waals surface area contributed by atoms with E-state index in [1.54, 1.807) is 12.3 Å². The molecular weight excluding hydrogens is 330 g/mol. The highest BCUT2D eigenvalue weighted by atomic mass is 16.4. The standard InChI is InChI=1S/C20H23N3O3/c1-14-3-2-4-15(11-14)12-19(24)22-18-6-5-17(13-21-18)23-9-7-16(8-10-23)20(25)26/h2-6,11,13,16H,7-10,12H2,1H3,(H,25,26)(H,21,22,24). The summed E-state index contributed by atoms with van der Waals surface area (Å²) >= 11 is 0. The van der Waals surface area contributed by atoms with Crippen molar-refractivity contribution < 1.29 is 14.7 Å². The van der Waals surface area contributed by atoms with Gasteiger partial charge in [0.15, 0.2) is 0 Å². The number of aryl methyl sites for hydroxylation is 1. The Morgan fingerprint density at radius 3 is 2.62 bits per heavy atom. The minimum absolute atomic E-state index is 0.0990. The molecule has 0 bridgehead atoms. The summed E-state index contributed by atoms with van der Waals surface area (Å²) in [6, 6.07) is 11.6. The second-order valence-corrected chi connectivity index (χ2v) is 6.72. The quantitative estimate of drug-likeness (QED) is 0.864. The number of carboxylic acids is 1. The summed E-state index contributed by atoms with van der Waals surface area (Å²) < 4.78 is 0. The van der Waals surface area contributed by atoms with Crippen LogP contribution < -0.4 is 10.2 Å². The fourth-order valence-corrected chi connectivity index (χ4v) is 3.23. The fourth-order valence-electron chi connectivity index (χ4n) is 3.23. The molecule has 1 aromatic carbocycles. The number of nitrogens with zero attached hydrogens (tertiary/aromatic N) is 2. The number of carbonyl (C=O) groups excluding carboxylic acids is 1. The summed E-state index contributed by atoms with van der Waals surface area (Å²) in [5.74, 6) is -0.543. The molecule has 0 radical (unpaired) electrons. The van der Waals surface area contributed by atoms with Gasteiger partial charge in [0, 0.05) is 13.1 Å². The van der Waals surface area contributed by atoms with Gasteiger partial charge in [-0.25, -0.2) is 4.98 Å². The lowest BCUT2D eigenvalue weighted by atomic mass is 9.97. The summed E-state index contributed by atoms with van der Waals surface area (Å²) in [7, 11) is 0. The highest BCUT2D eigenvalue weighted by molar-refractivity contribution is 5.91. The monoisotopic (exact) mass is 353 g/mol. The summed E-state index contributed by atoms with van der Waals surface area (Å²) in [5.41, 5.74) is 3.05. The zero-order valence-corrected chi connectivity index (χ0v) is 14.8. The van der Waals surface area contributed by atoms with Crippen molar-refractivity contribution in [3.8, 4) is 0 Å². The normalized spacial score (nSPS) is 14.9. The fraction of sp³-hybridized carbons (Fsp3) is 0.350. The molecule has 6 nitrogen and oxygen atoms in total. The van der Waals surface area contributed by atoms with E-state index in [-0.39, 0.29) is 11.8 Å². The summed E-state index contributed by atoms with van der Waals surface area (Å²) in [5, 5.41) is 11.9. The molecule has 1 aliphatic heterocycles. The van der Waals surface area contributed by atoms with Gasteiger partial charge in [-0.2, -0.15) is 0 Å². The molecule has 3 rings (SSSR count). The van der Waals surface area contributed by atoms with E-state index in [0.717, 1.165) is 16.8 Å². The SMILES string of the molecule is Cc1cccc(CC(=O)Nc2ccc(N3CCC(C(=O)O)CC3)cn2)c1. The molecule has 0 unspecified atom stereocenters. The first-order valence-corrected chi connectivity index (χ1v) is 8.80. The average Bonchev–Trinajstić information content (AvgIpc) is 2.62. The Morgan fingerprint density at radius 2 is 2.00 bits per heavy atom. The van der Waals surface area contributed by atoms with Gasteiger partial charge in [0.1, 0.15) is 5.82 Å². The van der Waals surface area contributed by atoms with E-state index in [9.17, 15) is 9.59 Å². The van der Waals surface area contributed by atoms with Gasteiger partial charge in [0.05, 0.1) is 24.2 Å². The van der Waals surface area contributed by atoms with Gasteiger partial charge in [-0.05, 0) is 37.5 Å². The van der Waals surface area contributed by atoms with Crippen LogP contribution in [0.25, 0.3) is 0 Å². The van der Waals surface area contributed by atoms with Crippen LogP contribution in [0.4, 0.5) is 11.5 Å². The molecule has 0 spiro atoms. The Labute approximate surface area is 152 Å². The van der Waals surface area contributed by atoms with Crippen LogP contribution in [-0.2, 0) is 16.0 Å². The number of hydrogen-bond acceptors (Lipinski definition) is 4. The third-order valence-electron chi connectivity index (χ3n) is 4.67. The molecule has 1 amide bonds. The van der Waals surface area contributed by atoms with Crippen molar-refractivity contribution in [2.45, 2.75) is 26.2 Å².